The molecule has 2 aromatic rings. The van der Waals surface area contributed by atoms with Crippen molar-refractivity contribution in [3.63, 3.8) is 0 Å². The fraction of sp³-hybridized carbons (Fsp3) is 0.294. The highest BCUT2D eigenvalue weighted by molar-refractivity contribution is 6.30. The van der Waals surface area contributed by atoms with Crippen molar-refractivity contribution in [2.45, 2.75) is 13.0 Å². The van der Waals surface area contributed by atoms with Crippen molar-refractivity contribution in [3.8, 4) is 5.88 Å². The summed E-state index contributed by atoms with van der Waals surface area (Å²) in [5.74, 6) is 1.34. The Hall–Kier alpha value is -2.27. The van der Waals surface area contributed by atoms with Crippen molar-refractivity contribution in [2.24, 2.45) is 4.99 Å². The quantitative estimate of drug-likeness (QED) is 0.630. The van der Waals surface area contributed by atoms with Crippen LogP contribution in [-0.4, -0.2) is 31.6 Å². The van der Waals surface area contributed by atoms with Crippen LogP contribution in [0, 0.1) is 0 Å². The van der Waals surface area contributed by atoms with Gasteiger partial charge in [0.15, 0.2) is 5.96 Å². The van der Waals surface area contributed by atoms with Gasteiger partial charge in [-0.05, 0) is 30.2 Å². The van der Waals surface area contributed by atoms with Gasteiger partial charge in [0.1, 0.15) is 0 Å². The number of rotatable bonds is 6. The molecule has 2 N–H and O–H groups in total. The number of aromatic nitrogens is 1. The maximum Gasteiger partial charge on any atom is 0.213 e. The molecular weight excluding hydrogens is 312 g/mol. The van der Waals surface area contributed by atoms with E-state index in [1.165, 1.54) is 5.56 Å². The number of hydrogen-bond acceptors (Lipinski definition) is 3. The van der Waals surface area contributed by atoms with Gasteiger partial charge in [0, 0.05) is 24.7 Å². The first-order valence-corrected chi connectivity index (χ1v) is 7.78. The van der Waals surface area contributed by atoms with Crippen LogP contribution in [0.4, 0.5) is 0 Å². The average molecular weight is 333 g/mol. The summed E-state index contributed by atoms with van der Waals surface area (Å²) >= 11 is 5.98. The van der Waals surface area contributed by atoms with Crippen LogP contribution < -0.4 is 15.4 Å². The smallest absolute Gasteiger partial charge is 0.213 e. The number of guanidine groups is 1. The van der Waals surface area contributed by atoms with Gasteiger partial charge in [-0.1, -0.05) is 29.8 Å². The van der Waals surface area contributed by atoms with Crippen LogP contribution in [0.1, 0.15) is 11.3 Å². The van der Waals surface area contributed by atoms with Gasteiger partial charge in [-0.3, -0.25) is 4.99 Å². The van der Waals surface area contributed by atoms with E-state index in [1.54, 1.807) is 14.2 Å². The van der Waals surface area contributed by atoms with Crippen LogP contribution in [0.3, 0.4) is 0 Å². The number of nitrogens with one attached hydrogen (secondary N) is 2. The van der Waals surface area contributed by atoms with Crippen LogP contribution in [-0.2, 0) is 13.0 Å². The Balaban J connectivity index is 1.79. The van der Waals surface area contributed by atoms with E-state index in [4.69, 9.17) is 16.3 Å². The van der Waals surface area contributed by atoms with E-state index in [0.29, 0.717) is 12.4 Å². The van der Waals surface area contributed by atoms with Crippen LogP contribution in [0.25, 0.3) is 0 Å². The molecule has 0 aliphatic heterocycles. The maximum absolute atomic E-state index is 5.98. The molecule has 1 heterocycles. The van der Waals surface area contributed by atoms with Gasteiger partial charge < -0.3 is 15.4 Å². The zero-order chi connectivity index (χ0) is 16.5. The van der Waals surface area contributed by atoms with Crippen LogP contribution >= 0.6 is 11.6 Å². The number of nitrogens with zero attached hydrogens (tertiary/aromatic N) is 2. The normalized spacial score (nSPS) is 11.2. The predicted octanol–water partition coefficient (Wildman–Crippen LogP) is 2.65. The number of halogens is 1. The Kier molecular flexibility index (Phi) is 6.69. The SMILES string of the molecule is CN=C(NCCc1cccc(Cl)c1)NCc1cccc(OC)n1. The predicted molar refractivity (Wildman–Crippen MR) is 94.1 cm³/mol. The summed E-state index contributed by atoms with van der Waals surface area (Å²) in [4.78, 5) is 8.56. The molecule has 0 atom stereocenters. The number of ether oxygens (including phenoxy) is 1. The number of hydrogen-bond donors (Lipinski definition) is 2. The monoisotopic (exact) mass is 332 g/mol. The third-order valence-corrected chi connectivity index (χ3v) is 3.48. The summed E-state index contributed by atoms with van der Waals surface area (Å²) < 4.78 is 5.12. The molecule has 0 saturated heterocycles. The van der Waals surface area contributed by atoms with Gasteiger partial charge >= 0.3 is 0 Å². The van der Waals surface area contributed by atoms with E-state index in [2.05, 4.69) is 26.7 Å². The molecule has 0 saturated carbocycles. The van der Waals surface area contributed by atoms with Gasteiger partial charge in [0.05, 0.1) is 19.3 Å². The minimum atomic E-state index is 0.577. The Bertz CT molecular complexity index is 661. The molecular formula is C17H21ClN4O. The van der Waals surface area contributed by atoms with Gasteiger partial charge in [0.2, 0.25) is 5.88 Å². The van der Waals surface area contributed by atoms with Gasteiger partial charge in [0.25, 0.3) is 0 Å². The lowest BCUT2D eigenvalue weighted by molar-refractivity contribution is 0.396. The Morgan fingerprint density at radius 2 is 2.04 bits per heavy atom. The molecule has 0 aliphatic carbocycles. The zero-order valence-corrected chi connectivity index (χ0v) is 14.1. The third kappa shape index (κ3) is 5.79. The van der Waals surface area contributed by atoms with E-state index in [9.17, 15) is 0 Å². The van der Waals surface area contributed by atoms with Crippen molar-refractivity contribution >= 4 is 17.6 Å². The minimum absolute atomic E-state index is 0.577. The van der Waals surface area contributed by atoms with Gasteiger partial charge in [-0.2, -0.15) is 0 Å². The van der Waals surface area contributed by atoms with Crippen LogP contribution in [0.5, 0.6) is 5.88 Å². The lowest BCUT2D eigenvalue weighted by atomic mass is 10.1. The summed E-state index contributed by atoms with van der Waals surface area (Å²) in [6, 6.07) is 13.5. The molecule has 0 unspecified atom stereocenters. The van der Waals surface area contributed by atoms with E-state index >= 15 is 0 Å². The van der Waals surface area contributed by atoms with Crippen molar-refractivity contribution in [1.82, 2.24) is 15.6 Å². The maximum atomic E-state index is 5.98. The molecule has 1 aromatic carbocycles. The highest BCUT2D eigenvalue weighted by Gasteiger charge is 2.01. The molecule has 0 spiro atoms. The van der Waals surface area contributed by atoms with Crippen molar-refractivity contribution in [1.29, 1.82) is 0 Å². The molecule has 5 nitrogen and oxygen atoms in total. The number of methoxy groups -OCH3 is 1. The molecule has 1 aromatic heterocycles. The molecule has 0 aliphatic rings. The highest BCUT2D eigenvalue weighted by Crippen LogP contribution is 2.10. The Morgan fingerprint density at radius 1 is 1.22 bits per heavy atom. The zero-order valence-electron chi connectivity index (χ0n) is 13.3. The van der Waals surface area contributed by atoms with E-state index < -0.39 is 0 Å². The molecule has 23 heavy (non-hydrogen) atoms. The lowest BCUT2D eigenvalue weighted by Crippen LogP contribution is -2.38. The summed E-state index contributed by atoms with van der Waals surface area (Å²) in [7, 11) is 3.35. The molecule has 0 bridgehead atoms. The van der Waals surface area contributed by atoms with E-state index in [1.807, 2.05) is 36.4 Å². The largest absolute Gasteiger partial charge is 0.481 e. The minimum Gasteiger partial charge on any atom is -0.481 e. The summed E-state index contributed by atoms with van der Waals surface area (Å²) in [5, 5.41) is 7.26. The number of aliphatic imine (C=N–C) groups is 1. The number of pyridine rings is 1. The Labute approximate surface area is 141 Å². The topological polar surface area (TPSA) is 58.5 Å². The molecule has 2 rings (SSSR count). The molecule has 0 fully saturated rings. The first-order chi connectivity index (χ1) is 11.2. The van der Waals surface area contributed by atoms with Crippen molar-refractivity contribution in [3.05, 3.63) is 58.7 Å². The van der Waals surface area contributed by atoms with Crippen LogP contribution in [0.2, 0.25) is 5.02 Å². The van der Waals surface area contributed by atoms with Crippen molar-refractivity contribution < 1.29 is 4.74 Å². The Morgan fingerprint density at radius 3 is 2.78 bits per heavy atom. The molecule has 0 radical (unpaired) electrons. The third-order valence-electron chi connectivity index (χ3n) is 3.25. The molecule has 122 valence electrons. The fourth-order valence-electron chi connectivity index (χ4n) is 2.08. The standard InChI is InChI=1S/C17H21ClN4O/c1-19-17(20-10-9-13-5-3-6-14(18)11-13)21-12-15-7-4-8-16(22-15)23-2/h3-8,11H,9-10,12H2,1-2H3,(H2,19,20,21). The highest BCUT2D eigenvalue weighted by atomic mass is 35.5. The fourth-order valence-corrected chi connectivity index (χ4v) is 2.30. The van der Waals surface area contributed by atoms with E-state index in [0.717, 1.165) is 29.6 Å². The van der Waals surface area contributed by atoms with Gasteiger partial charge in [-0.25, -0.2) is 4.98 Å². The molecule has 6 heteroatoms. The summed E-state index contributed by atoms with van der Waals surface area (Å²) in [6.45, 7) is 1.35. The summed E-state index contributed by atoms with van der Waals surface area (Å²) in [5.41, 5.74) is 2.08. The first-order valence-electron chi connectivity index (χ1n) is 7.40. The summed E-state index contributed by atoms with van der Waals surface area (Å²) in [6.07, 6.45) is 0.874. The second-order valence-electron chi connectivity index (χ2n) is 4.90. The lowest BCUT2D eigenvalue weighted by Gasteiger charge is -2.12. The van der Waals surface area contributed by atoms with Gasteiger partial charge in [-0.15, -0.1) is 0 Å². The van der Waals surface area contributed by atoms with Crippen LogP contribution in [0.15, 0.2) is 47.5 Å². The average Bonchev–Trinajstić information content (AvgIpc) is 2.58. The van der Waals surface area contributed by atoms with Crippen molar-refractivity contribution in [2.75, 3.05) is 20.7 Å². The second-order valence-corrected chi connectivity index (χ2v) is 5.34. The molecule has 0 amide bonds. The first kappa shape index (κ1) is 17.1. The van der Waals surface area contributed by atoms with E-state index in [-0.39, 0.29) is 0 Å². The second kappa shape index (κ2) is 9.00. The number of benzene rings is 1.